The van der Waals surface area contributed by atoms with Crippen LogP contribution in [0.2, 0.25) is 0 Å². The molecule has 1 aromatic carbocycles. The number of rotatable bonds is 7. The first-order chi connectivity index (χ1) is 12.8. The van der Waals surface area contributed by atoms with Gasteiger partial charge in [0.05, 0.1) is 10.5 Å². The van der Waals surface area contributed by atoms with Crippen molar-refractivity contribution in [3.8, 4) is 0 Å². The van der Waals surface area contributed by atoms with E-state index < -0.39 is 16.0 Å². The van der Waals surface area contributed by atoms with Gasteiger partial charge in [0.15, 0.2) is 6.61 Å². The summed E-state index contributed by atoms with van der Waals surface area (Å²) in [5.74, 6) is -0.837. The molecule has 1 unspecified atom stereocenters. The Hall–Kier alpha value is -1.93. The number of carbonyl (C=O) groups is 2. The van der Waals surface area contributed by atoms with Crippen molar-refractivity contribution in [3.05, 3.63) is 29.8 Å². The third kappa shape index (κ3) is 5.07. The Morgan fingerprint density at radius 2 is 1.78 bits per heavy atom. The van der Waals surface area contributed by atoms with Gasteiger partial charge in [-0.3, -0.25) is 4.79 Å². The maximum absolute atomic E-state index is 12.5. The van der Waals surface area contributed by atoms with E-state index in [0.29, 0.717) is 19.6 Å². The molecule has 1 aliphatic heterocycles. The lowest BCUT2D eigenvalue weighted by Crippen LogP contribution is -2.44. The van der Waals surface area contributed by atoms with E-state index in [1.54, 1.807) is 18.7 Å². The molecule has 8 heteroatoms. The van der Waals surface area contributed by atoms with Crippen LogP contribution in [0.4, 0.5) is 0 Å². The van der Waals surface area contributed by atoms with Gasteiger partial charge >= 0.3 is 5.97 Å². The average Bonchev–Trinajstić information content (AvgIpc) is 2.67. The van der Waals surface area contributed by atoms with Crippen molar-refractivity contribution in [1.29, 1.82) is 0 Å². The highest BCUT2D eigenvalue weighted by molar-refractivity contribution is 7.89. The second kappa shape index (κ2) is 9.32. The van der Waals surface area contributed by atoms with E-state index in [1.165, 1.54) is 28.6 Å². The first-order valence-electron chi connectivity index (χ1n) is 9.38. The molecule has 0 aliphatic carbocycles. The van der Waals surface area contributed by atoms with Crippen LogP contribution in [0.3, 0.4) is 0 Å². The molecule has 2 rings (SSSR count). The number of carbonyl (C=O) groups excluding carboxylic acids is 2. The monoisotopic (exact) mass is 396 g/mol. The van der Waals surface area contributed by atoms with E-state index in [1.807, 2.05) is 6.92 Å². The number of ether oxygens (including phenoxy) is 1. The maximum Gasteiger partial charge on any atom is 0.338 e. The largest absolute Gasteiger partial charge is 0.452 e. The summed E-state index contributed by atoms with van der Waals surface area (Å²) in [4.78, 5) is 26.3. The van der Waals surface area contributed by atoms with Gasteiger partial charge in [0.2, 0.25) is 10.0 Å². The number of benzene rings is 1. The third-order valence-electron chi connectivity index (χ3n) is 4.88. The minimum atomic E-state index is -3.57. The lowest BCUT2D eigenvalue weighted by Gasteiger charge is -2.33. The predicted octanol–water partition coefficient (Wildman–Crippen LogP) is 2.27. The summed E-state index contributed by atoms with van der Waals surface area (Å²) in [6.45, 7) is 6.67. The first kappa shape index (κ1) is 21.4. The van der Waals surface area contributed by atoms with Crippen molar-refractivity contribution >= 4 is 21.9 Å². The highest BCUT2D eigenvalue weighted by atomic mass is 32.2. The van der Waals surface area contributed by atoms with Crippen molar-refractivity contribution < 1.29 is 22.7 Å². The molecule has 0 saturated carbocycles. The standard InChI is InChI=1S/C19H28N2O5S/c1-4-20(5-2)27(24,25)17-11-9-16(10-12-17)19(23)26-14-18(22)21-13-7-6-8-15(21)3/h9-12,15H,4-8,13-14H2,1-3H3. The second-order valence-electron chi connectivity index (χ2n) is 6.62. The highest BCUT2D eigenvalue weighted by Gasteiger charge is 2.25. The molecule has 1 aromatic rings. The van der Waals surface area contributed by atoms with E-state index in [-0.39, 0.29) is 29.0 Å². The molecule has 0 bridgehead atoms. The Kier molecular flexibility index (Phi) is 7.38. The van der Waals surface area contributed by atoms with Crippen LogP contribution in [0.15, 0.2) is 29.2 Å². The second-order valence-corrected chi connectivity index (χ2v) is 8.56. The summed E-state index contributed by atoms with van der Waals surface area (Å²) in [5, 5.41) is 0. The Bertz CT molecular complexity index is 757. The molecule has 0 aromatic heterocycles. The van der Waals surface area contributed by atoms with E-state index in [4.69, 9.17) is 4.74 Å². The summed E-state index contributed by atoms with van der Waals surface area (Å²) in [6.07, 6.45) is 3.03. The summed E-state index contributed by atoms with van der Waals surface area (Å²) in [6, 6.07) is 5.76. The predicted molar refractivity (Wildman–Crippen MR) is 102 cm³/mol. The number of piperidine rings is 1. The van der Waals surface area contributed by atoms with Gasteiger partial charge in [0, 0.05) is 25.7 Å². The van der Waals surface area contributed by atoms with Crippen LogP contribution in [0.1, 0.15) is 50.4 Å². The topological polar surface area (TPSA) is 84.0 Å². The van der Waals surface area contributed by atoms with Crippen molar-refractivity contribution in [3.63, 3.8) is 0 Å². The number of amides is 1. The lowest BCUT2D eigenvalue weighted by atomic mass is 10.0. The lowest BCUT2D eigenvalue weighted by molar-refractivity contribution is -0.137. The smallest absolute Gasteiger partial charge is 0.338 e. The third-order valence-corrected chi connectivity index (χ3v) is 6.95. The summed E-state index contributed by atoms with van der Waals surface area (Å²) in [7, 11) is -3.57. The fourth-order valence-electron chi connectivity index (χ4n) is 3.24. The number of likely N-dealkylation sites (tertiary alicyclic amines) is 1. The molecule has 1 saturated heterocycles. The maximum atomic E-state index is 12.5. The van der Waals surface area contributed by atoms with Crippen LogP contribution >= 0.6 is 0 Å². The number of sulfonamides is 1. The number of hydrogen-bond donors (Lipinski definition) is 0. The van der Waals surface area contributed by atoms with E-state index in [9.17, 15) is 18.0 Å². The zero-order chi connectivity index (χ0) is 20.0. The molecule has 0 radical (unpaired) electrons. The van der Waals surface area contributed by atoms with Crippen LogP contribution in [0.25, 0.3) is 0 Å². The molecule has 0 N–H and O–H groups in total. The van der Waals surface area contributed by atoms with Crippen molar-refractivity contribution in [1.82, 2.24) is 9.21 Å². The molecule has 150 valence electrons. The number of hydrogen-bond acceptors (Lipinski definition) is 5. The van der Waals surface area contributed by atoms with E-state index in [0.717, 1.165) is 19.3 Å². The van der Waals surface area contributed by atoms with E-state index in [2.05, 4.69) is 0 Å². The zero-order valence-electron chi connectivity index (χ0n) is 16.2. The van der Waals surface area contributed by atoms with Crippen LogP contribution in [-0.4, -0.2) is 61.8 Å². The Morgan fingerprint density at radius 3 is 2.33 bits per heavy atom. The van der Waals surface area contributed by atoms with Gasteiger partial charge in [-0.2, -0.15) is 4.31 Å². The highest BCUT2D eigenvalue weighted by Crippen LogP contribution is 2.18. The van der Waals surface area contributed by atoms with Gasteiger partial charge in [0.1, 0.15) is 0 Å². The molecule has 1 heterocycles. The SMILES string of the molecule is CCN(CC)S(=O)(=O)c1ccc(C(=O)OCC(=O)N2CCCCC2C)cc1. The van der Waals surface area contributed by atoms with Crippen molar-refractivity contribution in [2.24, 2.45) is 0 Å². The van der Waals surface area contributed by atoms with Crippen LogP contribution in [-0.2, 0) is 19.6 Å². The van der Waals surface area contributed by atoms with E-state index >= 15 is 0 Å². The van der Waals surface area contributed by atoms with Crippen LogP contribution in [0.5, 0.6) is 0 Å². The Balaban J connectivity index is 1.98. The van der Waals surface area contributed by atoms with Crippen LogP contribution < -0.4 is 0 Å². The Morgan fingerprint density at radius 1 is 1.15 bits per heavy atom. The molecular formula is C19H28N2O5S. The molecule has 1 fully saturated rings. The Labute approximate surface area is 161 Å². The van der Waals surface area contributed by atoms with Crippen LogP contribution in [0, 0.1) is 0 Å². The molecule has 27 heavy (non-hydrogen) atoms. The van der Waals surface area contributed by atoms with Gasteiger partial charge in [0.25, 0.3) is 5.91 Å². The van der Waals surface area contributed by atoms with Gasteiger partial charge < -0.3 is 9.64 Å². The van der Waals surface area contributed by atoms with Gasteiger partial charge in [-0.15, -0.1) is 0 Å². The average molecular weight is 397 g/mol. The minimum Gasteiger partial charge on any atom is -0.452 e. The molecule has 1 amide bonds. The molecule has 0 spiro atoms. The van der Waals surface area contributed by atoms with Gasteiger partial charge in [-0.25, -0.2) is 13.2 Å². The molecule has 1 atom stereocenters. The van der Waals surface area contributed by atoms with Crippen molar-refractivity contribution in [2.45, 2.75) is 51.0 Å². The quantitative estimate of drug-likeness (QED) is 0.660. The van der Waals surface area contributed by atoms with Gasteiger partial charge in [-0.1, -0.05) is 13.8 Å². The summed E-state index contributed by atoms with van der Waals surface area (Å²) in [5.41, 5.74) is 0.216. The number of nitrogens with zero attached hydrogens (tertiary/aromatic N) is 2. The minimum absolute atomic E-state index is 0.126. The summed E-state index contributed by atoms with van der Waals surface area (Å²) < 4.78 is 31.4. The first-order valence-corrected chi connectivity index (χ1v) is 10.8. The molecule has 1 aliphatic rings. The fraction of sp³-hybridized carbons (Fsp3) is 0.579. The summed E-state index contributed by atoms with van der Waals surface area (Å²) >= 11 is 0. The van der Waals surface area contributed by atoms with Gasteiger partial charge in [-0.05, 0) is 50.5 Å². The molecule has 7 nitrogen and oxygen atoms in total. The molecular weight excluding hydrogens is 368 g/mol. The number of esters is 1. The fourth-order valence-corrected chi connectivity index (χ4v) is 4.70. The van der Waals surface area contributed by atoms with Crippen molar-refractivity contribution in [2.75, 3.05) is 26.2 Å². The zero-order valence-corrected chi connectivity index (χ0v) is 17.0. The normalized spacial score (nSPS) is 17.8.